The highest BCUT2D eigenvalue weighted by atomic mass is 16.5. The predicted octanol–water partition coefficient (Wildman–Crippen LogP) is 3.84. The van der Waals surface area contributed by atoms with Gasteiger partial charge in [-0.3, -0.25) is 4.79 Å². The minimum atomic E-state index is -0.258. The van der Waals surface area contributed by atoms with Gasteiger partial charge in [0, 0.05) is 17.5 Å². The number of carbonyl (C=O) groups is 1. The summed E-state index contributed by atoms with van der Waals surface area (Å²) in [7, 11) is 1.47. The third-order valence-electron chi connectivity index (χ3n) is 3.58. The highest BCUT2D eigenvalue weighted by Crippen LogP contribution is 2.40. The molecule has 0 aliphatic rings. The van der Waals surface area contributed by atoms with Crippen molar-refractivity contribution >= 4 is 5.78 Å². The van der Waals surface area contributed by atoms with E-state index in [0.717, 1.165) is 5.57 Å². The maximum atomic E-state index is 12.3. The maximum Gasteiger partial charge on any atom is 0.173 e. The second-order valence-corrected chi connectivity index (χ2v) is 5.46. The number of allylic oxidation sites excluding steroid dienone is 2. The van der Waals surface area contributed by atoms with E-state index in [4.69, 9.17) is 4.74 Å². The number of ketones is 1. The number of rotatable bonds is 6. The summed E-state index contributed by atoms with van der Waals surface area (Å²) < 4.78 is 5.20. The molecule has 0 bridgehead atoms. The molecule has 0 aliphatic carbocycles. The molecule has 0 aromatic heterocycles. The van der Waals surface area contributed by atoms with Gasteiger partial charge >= 0.3 is 0 Å². The van der Waals surface area contributed by atoms with Gasteiger partial charge in [-0.1, -0.05) is 25.5 Å². The van der Waals surface area contributed by atoms with Crippen molar-refractivity contribution in [3.05, 3.63) is 28.8 Å². The Kier molecular flexibility index (Phi) is 5.82. The fraction of sp³-hybridized carbons (Fsp3) is 0.471. The molecule has 4 nitrogen and oxygen atoms in total. The van der Waals surface area contributed by atoms with Crippen molar-refractivity contribution in [1.82, 2.24) is 0 Å². The van der Waals surface area contributed by atoms with Gasteiger partial charge in [0.2, 0.25) is 0 Å². The summed E-state index contributed by atoms with van der Waals surface area (Å²) in [6.45, 7) is 7.58. The first-order valence-corrected chi connectivity index (χ1v) is 7.12. The molecule has 116 valence electrons. The molecule has 0 fully saturated rings. The van der Waals surface area contributed by atoms with Crippen LogP contribution in [0.4, 0.5) is 0 Å². The van der Waals surface area contributed by atoms with Gasteiger partial charge in [0.05, 0.1) is 7.11 Å². The van der Waals surface area contributed by atoms with E-state index in [9.17, 15) is 15.0 Å². The molecule has 1 rings (SSSR count). The molecule has 0 saturated carbocycles. The second-order valence-electron chi connectivity index (χ2n) is 5.46. The van der Waals surface area contributed by atoms with Crippen LogP contribution in [0.25, 0.3) is 0 Å². The Morgan fingerprint density at radius 2 is 2.00 bits per heavy atom. The lowest BCUT2D eigenvalue weighted by Crippen LogP contribution is -2.12. The molecule has 0 heterocycles. The first kappa shape index (κ1) is 17.1. The average molecular weight is 292 g/mol. The molecule has 1 unspecified atom stereocenters. The second kappa shape index (κ2) is 7.16. The van der Waals surface area contributed by atoms with E-state index in [1.807, 2.05) is 26.8 Å². The molecule has 1 atom stereocenters. The molecular formula is C17H24O4. The van der Waals surface area contributed by atoms with E-state index in [2.05, 4.69) is 0 Å². The van der Waals surface area contributed by atoms with E-state index in [0.29, 0.717) is 24.2 Å². The van der Waals surface area contributed by atoms with Gasteiger partial charge in [-0.25, -0.2) is 0 Å². The van der Waals surface area contributed by atoms with Crippen LogP contribution in [0.3, 0.4) is 0 Å². The van der Waals surface area contributed by atoms with Gasteiger partial charge in [0.15, 0.2) is 5.78 Å². The highest BCUT2D eigenvalue weighted by Gasteiger charge is 2.25. The van der Waals surface area contributed by atoms with Crippen LogP contribution < -0.4 is 4.74 Å². The van der Waals surface area contributed by atoms with Crippen LogP contribution in [0.2, 0.25) is 0 Å². The third-order valence-corrected chi connectivity index (χ3v) is 3.58. The highest BCUT2D eigenvalue weighted by molar-refractivity contribution is 6.03. The van der Waals surface area contributed by atoms with Crippen LogP contribution in [0.1, 0.15) is 50.0 Å². The largest absolute Gasteiger partial charge is 0.507 e. The Labute approximate surface area is 126 Å². The number of hydrogen-bond acceptors (Lipinski definition) is 4. The number of carbonyl (C=O) groups excluding carboxylic acids is 1. The van der Waals surface area contributed by atoms with Crippen LogP contribution in [-0.4, -0.2) is 23.1 Å². The van der Waals surface area contributed by atoms with Gasteiger partial charge < -0.3 is 14.9 Å². The lowest BCUT2D eigenvalue weighted by atomic mass is 9.92. The Hall–Kier alpha value is -1.97. The quantitative estimate of drug-likeness (QED) is 0.617. The van der Waals surface area contributed by atoms with Crippen LogP contribution in [0.5, 0.6) is 17.2 Å². The van der Waals surface area contributed by atoms with Crippen LogP contribution in [-0.2, 0) is 6.42 Å². The molecule has 0 saturated heterocycles. The molecule has 2 N–H and O–H groups in total. The first-order chi connectivity index (χ1) is 9.83. The Morgan fingerprint density at radius 3 is 2.48 bits per heavy atom. The smallest absolute Gasteiger partial charge is 0.173 e. The zero-order valence-electron chi connectivity index (χ0n) is 13.4. The van der Waals surface area contributed by atoms with Crippen molar-refractivity contribution < 1.29 is 19.7 Å². The molecule has 21 heavy (non-hydrogen) atoms. The minimum absolute atomic E-state index is 0.0118. The summed E-state index contributed by atoms with van der Waals surface area (Å²) in [6, 6.07) is 1.39. The zero-order chi connectivity index (χ0) is 16.2. The van der Waals surface area contributed by atoms with Crippen molar-refractivity contribution in [2.24, 2.45) is 5.92 Å². The van der Waals surface area contributed by atoms with Crippen molar-refractivity contribution in [1.29, 1.82) is 0 Å². The summed E-state index contributed by atoms with van der Waals surface area (Å²) in [5.41, 5.74) is 1.60. The number of methoxy groups -OCH3 is 1. The van der Waals surface area contributed by atoms with E-state index in [1.54, 1.807) is 6.92 Å². The molecule has 1 aromatic rings. The summed E-state index contributed by atoms with van der Waals surface area (Å²) in [4.78, 5) is 12.3. The van der Waals surface area contributed by atoms with Gasteiger partial charge in [-0.05, 0) is 26.7 Å². The normalized spacial score (nSPS) is 11.9. The van der Waals surface area contributed by atoms with Crippen molar-refractivity contribution in [3.8, 4) is 17.2 Å². The van der Waals surface area contributed by atoms with Crippen molar-refractivity contribution in [2.75, 3.05) is 7.11 Å². The molecular weight excluding hydrogens is 268 g/mol. The number of phenols is 2. The van der Waals surface area contributed by atoms with E-state index in [-0.39, 0.29) is 28.8 Å². The fourth-order valence-corrected chi connectivity index (χ4v) is 2.03. The van der Waals surface area contributed by atoms with Crippen molar-refractivity contribution in [3.63, 3.8) is 0 Å². The van der Waals surface area contributed by atoms with E-state index >= 15 is 0 Å². The Balaban J connectivity index is 3.43. The SMILES string of the molecule is CCC(C)C(=O)c1c(O)cc(OC)c(CC=C(C)C)c1O. The molecule has 4 heteroatoms. The summed E-state index contributed by atoms with van der Waals surface area (Å²) in [5.74, 6) is -0.562. The van der Waals surface area contributed by atoms with E-state index < -0.39 is 0 Å². The molecule has 0 spiro atoms. The van der Waals surface area contributed by atoms with Gasteiger partial charge in [0.25, 0.3) is 0 Å². The standard InChI is InChI=1S/C17H24O4/c1-6-11(4)16(19)15-13(18)9-14(21-5)12(17(15)20)8-7-10(2)3/h7,9,11,18,20H,6,8H2,1-5H3. The molecule has 0 radical (unpaired) electrons. The number of ether oxygens (including phenoxy) is 1. The summed E-state index contributed by atoms with van der Waals surface area (Å²) in [5, 5.41) is 20.5. The predicted molar refractivity (Wildman–Crippen MR) is 83.2 cm³/mol. The number of benzene rings is 1. The van der Waals surface area contributed by atoms with Gasteiger partial charge in [-0.15, -0.1) is 0 Å². The fourth-order valence-electron chi connectivity index (χ4n) is 2.03. The van der Waals surface area contributed by atoms with E-state index in [1.165, 1.54) is 13.2 Å². The maximum absolute atomic E-state index is 12.3. The molecule has 0 amide bonds. The topological polar surface area (TPSA) is 66.8 Å². The number of hydrogen-bond donors (Lipinski definition) is 2. The minimum Gasteiger partial charge on any atom is -0.507 e. The van der Waals surface area contributed by atoms with Crippen molar-refractivity contribution in [2.45, 2.75) is 40.5 Å². The molecule has 0 aliphatic heterocycles. The number of Topliss-reactive ketones (excluding diaryl/α,β-unsaturated/α-hetero) is 1. The lowest BCUT2D eigenvalue weighted by molar-refractivity contribution is 0.0921. The van der Waals surface area contributed by atoms with Crippen LogP contribution in [0, 0.1) is 5.92 Å². The summed E-state index contributed by atoms with van der Waals surface area (Å²) in [6.07, 6.45) is 3.03. The third kappa shape index (κ3) is 3.78. The van der Waals surface area contributed by atoms with Gasteiger partial charge in [0.1, 0.15) is 22.8 Å². The Morgan fingerprint density at radius 1 is 1.38 bits per heavy atom. The lowest BCUT2D eigenvalue weighted by Gasteiger charge is -2.16. The van der Waals surface area contributed by atoms with Crippen LogP contribution >= 0.6 is 0 Å². The van der Waals surface area contributed by atoms with Crippen LogP contribution in [0.15, 0.2) is 17.7 Å². The monoisotopic (exact) mass is 292 g/mol. The average Bonchev–Trinajstić information content (AvgIpc) is 2.44. The number of phenolic OH excluding ortho intramolecular Hbond substituents is 2. The first-order valence-electron chi connectivity index (χ1n) is 7.12. The summed E-state index contributed by atoms with van der Waals surface area (Å²) >= 11 is 0. The Bertz CT molecular complexity index is 554. The van der Waals surface area contributed by atoms with Gasteiger partial charge in [-0.2, -0.15) is 0 Å². The number of aromatic hydroxyl groups is 2. The molecule has 1 aromatic carbocycles. The zero-order valence-corrected chi connectivity index (χ0v) is 13.4.